The van der Waals surface area contributed by atoms with E-state index in [2.05, 4.69) is 38.3 Å². The van der Waals surface area contributed by atoms with E-state index in [0.717, 1.165) is 12.8 Å². The Morgan fingerprint density at radius 1 is 1.22 bits per heavy atom. The number of amides is 2. The summed E-state index contributed by atoms with van der Waals surface area (Å²) in [6.45, 7) is 12.2. The zero-order chi connectivity index (χ0) is 14.2. The van der Waals surface area contributed by atoms with Crippen molar-refractivity contribution in [3.8, 4) is 0 Å². The van der Waals surface area contributed by atoms with Crippen molar-refractivity contribution in [3.63, 3.8) is 0 Å². The number of nitrogens with one attached hydrogen (secondary N) is 2. The summed E-state index contributed by atoms with van der Waals surface area (Å²) >= 11 is 0. The van der Waals surface area contributed by atoms with Gasteiger partial charge in [0.2, 0.25) is 0 Å². The van der Waals surface area contributed by atoms with Crippen molar-refractivity contribution in [2.24, 2.45) is 17.3 Å². The van der Waals surface area contributed by atoms with Gasteiger partial charge in [-0.25, -0.2) is 4.79 Å². The number of carbonyl (C=O) groups excluding carboxylic acids is 1. The average molecular weight is 258 g/mol. The van der Waals surface area contributed by atoms with E-state index in [1.807, 2.05) is 6.92 Å². The van der Waals surface area contributed by atoms with Crippen LogP contribution in [0.1, 0.15) is 47.5 Å². The molecule has 0 saturated heterocycles. The van der Waals surface area contributed by atoms with Gasteiger partial charge in [0.15, 0.2) is 0 Å². The summed E-state index contributed by atoms with van der Waals surface area (Å²) in [5, 5.41) is 14.5. The molecule has 1 unspecified atom stereocenters. The van der Waals surface area contributed by atoms with Crippen LogP contribution in [0.3, 0.4) is 0 Å². The Hall–Kier alpha value is -0.770. The smallest absolute Gasteiger partial charge is 0.314 e. The van der Waals surface area contributed by atoms with Crippen molar-refractivity contribution < 1.29 is 9.90 Å². The Morgan fingerprint density at radius 3 is 2.33 bits per heavy atom. The Balaban J connectivity index is 3.82. The average Bonchev–Trinajstić information content (AvgIpc) is 2.22. The quantitative estimate of drug-likeness (QED) is 0.626. The minimum Gasteiger partial charge on any atom is -0.396 e. The first-order chi connectivity index (χ1) is 8.26. The van der Waals surface area contributed by atoms with Crippen LogP contribution >= 0.6 is 0 Å². The number of hydrogen-bond donors (Lipinski definition) is 3. The lowest BCUT2D eigenvalue weighted by Crippen LogP contribution is -2.42. The number of rotatable bonds is 8. The zero-order valence-electron chi connectivity index (χ0n) is 12.5. The Morgan fingerprint density at radius 2 is 1.83 bits per heavy atom. The third-order valence-electron chi connectivity index (χ3n) is 2.92. The van der Waals surface area contributed by atoms with Gasteiger partial charge in [-0.15, -0.1) is 0 Å². The molecular weight excluding hydrogens is 228 g/mol. The highest BCUT2D eigenvalue weighted by Gasteiger charge is 2.20. The van der Waals surface area contributed by atoms with E-state index in [0.29, 0.717) is 24.9 Å². The molecule has 0 fully saturated rings. The van der Waals surface area contributed by atoms with Crippen LogP contribution in [0.25, 0.3) is 0 Å². The molecule has 0 aliphatic rings. The summed E-state index contributed by atoms with van der Waals surface area (Å²) in [6, 6.07) is -0.114. The lowest BCUT2D eigenvalue weighted by molar-refractivity contribution is 0.222. The van der Waals surface area contributed by atoms with E-state index in [1.54, 1.807) is 0 Å². The van der Waals surface area contributed by atoms with Gasteiger partial charge in [0.1, 0.15) is 0 Å². The fourth-order valence-electron chi connectivity index (χ4n) is 2.15. The van der Waals surface area contributed by atoms with Crippen LogP contribution in [0.2, 0.25) is 0 Å². The lowest BCUT2D eigenvalue weighted by Gasteiger charge is -2.27. The maximum Gasteiger partial charge on any atom is 0.314 e. The standard InChI is InChI=1S/C14H30N2O2/c1-11(2)8-14(4,5)10-16-13(18)15-9-12(3)6-7-17/h11-12,17H,6-10H2,1-5H3,(H2,15,16,18). The van der Waals surface area contributed by atoms with Crippen LogP contribution in [0, 0.1) is 17.3 Å². The topological polar surface area (TPSA) is 61.4 Å². The predicted octanol–water partition coefficient (Wildman–Crippen LogP) is 2.38. The van der Waals surface area contributed by atoms with Crippen LogP contribution < -0.4 is 10.6 Å². The van der Waals surface area contributed by atoms with E-state index in [9.17, 15) is 4.79 Å². The second kappa shape index (κ2) is 8.35. The van der Waals surface area contributed by atoms with Crippen LogP contribution in [-0.4, -0.2) is 30.8 Å². The van der Waals surface area contributed by atoms with Crippen molar-refractivity contribution >= 4 is 6.03 Å². The van der Waals surface area contributed by atoms with Crippen LogP contribution in [0.15, 0.2) is 0 Å². The number of aliphatic hydroxyl groups excluding tert-OH is 1. The molecule has 1 atom stereocenters. The number of urea groups is 1. The summed E-state index contributed by atoms with van der Waals surface area (Å²) < 4.78 is 0. The molecule has 3 N–H and O–H groups in total. The van der Waals surface area contributed by atoms with Gasteiger partial charge in [-0.3, -0.25) is 0 Å². The molecule has 4 nitrogen and oxygen atoms in total. The molecule has 0 rings (SSSR count). The molecule has 0 heterocycles. The SMILES string of the molecule is CC(C)CC(C)(C)CNC(=O)NCC(C)CCO. The monoisotopic (exact) mass is 258 g/mol. The fourth-order valence-corrected chi connectivity index (χ4v) is 2.15. The first-order valence-electron chi connectivity index (χ1n) is 6.89. The molecule has 0 aromatic heterocycles. The third kappa shape index (κ3) is 9.28. The van der Waals surface area contributed by atoms with Crippen molar-refractivity contribution in [2.75, 3.05) is 19.7 Å². The Bertz CT molecular complexity index is 240. The Kier molecular flexibility index (Phi) is 8.00. The van der Waals surface area contributed by atoms with Gasteiger partial charge in [0, 0.05) is 19.7 Å². The largest absolute Gasteiger partial charge is 0.396 e. The molecule has 0 saturated carbocycles. The number of aliphatic hydroxyl groups is 1. The van der Waals surface area contributed by atoms with Crippen LogP contribution in [0.5, 0.6) is 0 Å². The van der Waals surface area contributed by atoms with Crippen molar-refractivity contribution in [3.05, 3.63) is 0 Å². The van der Waals surface area contributed by atoms with Gasteiger partial charge < -0.3 is 15.7 Å². The molecular formula is C14H30N2O2. The van der Waals surface area contributed by atoms with Gasteiger partial charge in [-0.2, -0.15) is 0 Å². The van der Waals surface area contributed by atoms with Gasteiger partial charge in [0.05, 0.1) is 0 Å². The normalized spacial score (nSPS) is 13.5. The predicted molar refractivity (Wildman–Crippen MR) is 75.5 cm³/mol. The van der Waals surface area contributed by atoms with Gasteiger partial charge in [0.25, 0.3) is 0 Å². The summed E-state index contributed by atoms with van der Waals surface area (Å²) in [6.07, 6.45) is 1.81. The summed E-state index contributed by atoms with van der Waals surface area (Å²) in [5.41, 5.74) is 0.127. The van der Waals surface area contributed by atoms with E-state index >= 15 is 0 Å². The molecule has 0 aromatic rings. The minimum atomic E-state index is -0.114. The lowest BCUT2D eigenvalue weighted by atomic mass is 9.84. The van der Waals surface area contributed by atoms with Gasteiger partial charge in [-0.1, -0.05) is 34.6 Å². The first-order valence-corrected chi connectivity index (χ1v) is 6.89. The summed E-state index contributed by atoms with van der Waals surface area (Å²) in [4.78, 5) is 11.6. The van der Waals surface area contributed by atoms with E-state index in [4.69, 9.17) is 5.11 Å². The fraction of sp³-hybridized carbons (Fsp3) is 0.929. The van der Waals surface area contributed by atoms with Crippen molar-refractivity contribution in [2.45, 2.75) is 47.5 Å². The Labute approximate surface area is 112 Å². The highest BCUT2D eigenvalue weighted by Crippen LogP contribution is 2.23. The second-order valence-corrected chi connectivity index (χ2v) is 6.44. The number of hydrogen-bond acceptors (Lipinski definition) is 2. The van der Waals surface area contributed by atoms with Crippen molar-refractivity contribution in [1.82, 2.24) is 10.6 Å². The minimum absolute atomic E-state index is 0.114. The summed E-state index contributed by atoms with van der Waals surface area (Å²) in [7, 11) is 0. The van der Waals surface area contributed by atoms with E-state index < -0.39 is 0 Å². The molecule has 0 aliphatic heterocycles. The van der Waals surface area contributed by atoms with Gasteiger partial charge in [-0.05, 0) is 30.1 Å². The molecule has 0 aromatic carbocycles. The maximum absolute atomic E-state index is 11.6. The molecule has 4 heteroatoms. The second-order valence-electron chi connectivity index (χ2n) is 6.44. The van der Waals surface area contributed by atoms with Crippen LogP contribution in [0.4, 0.5) is 4.79 Å². The van der Waals surface area contributed by atoms with Gasteiger partial charge >= 0.3 is 6.03 Å². The van der Waals surface area contributed by atoms with Crippen molar-refractivity contribution in [1.29, 1.82) is 0 Å². The molecule has 18 heavy (non-hydrogen) atoms. The maximum atomic E-state index is 11.6. The highest BCUT2D eigenvalue weighted by molar-refractivity contribution is 5.73. The third-order valence-corrected chi connectivity index (χ3v) is 2.92. The molecule has 0 radical (unpaired) electrons. The molecule has 2 amide bonds. The molecule has 0 bridgehead atoms. The van der Waals surface area contributed by atoms with Crippen LogP contribution in [-0.2, 0) is 0 Å². The highest BCUT2D eigenvalue weighted by atomic mass is 16.3. The molecule has 108 valence electrons. The molecule has 0 spiro atoms. The van der Waals surface area contributed by atoms with E-state index in [-0.39, 0.29) is 18.1 Å². The first kappa shape index (κ1) is 17.2. The molecule has 0 aliphatic carbocycles. The number of carbonyl (C=O) groups is 1. The summed E-state index contributed by atoms with van der Waals surface area (Å²) in [5.74, 6) is 0.943. The zero-order valence-corrected chi connectivity index (χ0v) is 12.5. The van der Waals surface area contributed by atoms with E-state index in [1.165, 1.54) is 0 Å².